The second-order valence-corrected chi connectivity index (χ2v) is 4.90. The summed E-state index contributed by atoms with van der Waals surface area (Å²) in [4.78, 5) is 13.6. The lowest BCUT2D eigenvalue weighted by Crippen LogP contribution is -2.53. The van der Waals surface area contributed by atoms with Gasteiger partial charge in [-0.2, -0.15) is 0 Å². The fraction of sp³-hybridized carbons (Fsp3) is 0.917. The van der Waals surface area contributed by atoms with Crippen LogP contribution in [-0.2, 0) is 4.79 Å². The second-order valence-electron chi connectivity index (χ2n) is 4.90. The van der Waals surface area contributed by atoms with E-state index < -0.39 is 5.54 Å². The van der Waals surface area contributed by atoms with Gasteiger partial charge in [-0.05, 0) is 53.8 Å². The largest absolute Gasteiger partial charge is 0.368 e. The van der Waals surface area contributed by atoms with E-state index in [4.69, 9.17) is 5.73 Å². The number of nitrogens with zero attached hydrogens (tertiary/aromatic N) is 1. The minimum absolute atomic E-state index is 0.262. The normalized spacial score (nSPS) is 15.4. The third-order valence-electron chi connectivity index (χ3n) is 3.18. The van der Waals surface area contributed by atoms with Crippen molar-refractivity contribution in [3.63, 3.8) is 0 Å². The van der Waals surface area contributed by atoms with Gasteiger partial charge in [0.2, 0.25) is 5.91 Å². The van der Waals surface area contributed by atoms with Crippen LogP contribution in [0.1, 0.15) is 40.5 Å². The number of carbonyl (C=O) groups is 1. The van der Waals surface area contributed by atoms with Crippen molar-refractivity contribution < 1.29 is 4.79 Å². The van der Waals surface area contributed by atoms with E-state index in [9.17, 15) is 4.79 Å². The Labute approximate surface area is 99.6 Å². The smallest absolute Gasteiger partial charge is 0.237 e. The molecule has 0 aliphatic heterocycles. The Bertz CT molecular complexity index is 218. The molecule has 1 amide bonds. The van der Waals surface area contributed by atoms with Gasteiger partial charge in [0.15, 0.2) is 0 Å². The van der Waals surface area contributed by atoms with Gasteiger partial charge < -0.3 is 16.0 Å². The maximum Gasteiger partial charge on any atom is 0.237 e. The first-order valence-corrected chi connectivity index (χ1v) is 6.08. The van der Waals surface area contributed by atoms with Crippen LogP contribution in [-0.4, -0.2) is 42.5 Å². The number of nitrogens with one attached hydrogen (secondary N) is 1. The Morgan fingerprint density at radius 2 is 2.06 bits per heavy atom. The maximum absolute atomic E-state index is 11.4. The highest BCUT2D eigenvalue weighted by Gasteiger charge is 2.29. The molecule has 0 aliphatic carbocycles. The Balaban J connectivity index is 4.09. The molecule has 0 aromatic heterocycles. The van der Waals surface area contributed by atoms with Gasteiger partial charge in [0.25, 0.3) is 0 Å². The van der Waals surface area contributed by atoms with Crippen LogP contribution in [0.25, 0.3) is 0 Å². The van der Waals surface area contributed by atoms with Crippen molar-refractivity contribution in [3.8, 4) is 0 Å². The molecular weight excluding hydrogens is 202 g/mol. The molecule has 0 spiro atoms. The van der Waals surface area contributed by atoms with Gasteiger partial charge >= 0.3 is 0 Å². The lowest BCUT2D eigenvalue weighted by molar-refractivity contribution is -0.124. The highest BCUT2D eigenvalue weighted by molar-refractivity contribution is 5.84. The van der Waals surface area contributed by atoms with Crippen molar-refractivity contribution >= 4 is 5.91 Å². The number of nitrogens with two attached hydrogens (primary N) is 1. The highest BCUT2D eigenvalue weighted by Crippen LogP contribution is 2.12. The Morgan fingerprint density at radius 1 is 1.50 bits per heavy atom. The maximum atomic E-state index is 11.4. The number of amides is 1. The summed E-state index contributed by atoms with van der Waals surface area (Å²) in [6, 6.07) is 0.541. The van der Waals surface area contributed by atoms with Crippen molar-refractivity contribution in [2.24, 2.45) is 5.73 Å². The van der Waals surface area contributed by atoms with Crippen LogP contribution < -0.4 is 11.1 Å². The van der Waals surface area contributed by atoms with Crippen molar-refractivity contribution in [2.45, 2.75) is 52.1 Å². The Kier molecular flexibility index (Phi) is 6.60. The van der Waals surface area contributed by atoms with E-state index in [0.29, 0.717) is 6.04 Å². The van der Waals surface area contributed by atoms with Crippen LogP contribution in [0.15, 0.2) is 0 Å². The van der Waals surface area contributed by atoms with Crippen molar-refractivity contribution in [2.75, 3.05) is 20.1 Å². The number of carbonyl (C=O) groups excluding carboxylic acids is 1. The topological polar surface area (TPSA) is 58.4 Å². The van der Waals surface area contributed by atoms with Gasteiger partial charge in [-0.3, -0.25) is 4.79 Å². The van der Waals surface area contributed by atoms with Crippen molar-refractivity contribution in [3.05, 3.63) is 0 Å². The summed E-state index contributed by atoms with van der Waals surface area (Å²) >= 11 is 0. The number of rotatable bonds is 8. The summed E-state index contributed by atoms with van der Waals surface area (Å²) in [7, 11) is 2.10. The zero-order valence-electron chi connectivity index (χ0n) is 11.3. The number of likely N-dealkylation sites (N-methyl/N-ethyl adjacent to an activating group) is 1. The van der Waals surface area contributed by atoms with Crippen LogP contribution >= 0.6 is 0 Å². The second kappa shape index (κ2) is 6.86. The average Bonchev–Trinajstić information content (AvgIpc) is 2.17. The minimum atomic E-state index is -0.563. The summed E-state index contributed by atoms with van der Waals surface area (Å²) in [5, 5.41) is 3.17. The van der Waals surface area contributed by atoms with E-state index in [2.05, 4.69) is 31.1 Å². The number of hydrogen-bond donors (Lipinski definition) is 2. The molecule has 3 N–H and O–H groups in total. The standard InChI is InChI=1S/C12H27N3O/c1-6-14-12(4,11(13)16)8-7-9-15(5)10(2)3/h10,14H,6-9H2,1-5H3,(H2,13,16). The molecule has 4 heteroatoms. The molecular formula is C12H27N3O. The van der Waals surface area contributed by atoms with Crippen LogP contribution in [0, 0.1) is 0 Å². The van der Waals surface area contributed by atoms with Crippen molar-refractivity contribution in [1.29, 1.82) is 0 Å². The molecule has 0 saturated carbocycles. The quantitative estimate of drug-likeness (QED) is 0.652. The molecule has 96 valence electrons. The Hall–Kier alpha value is -0.610. The lowest BCUT2D eigenvalue weighted by Gasteiger charge is -2.28. The number of hydrogen-bond acceptors (Lipinski definition) is 3. The van der Waals surface area contributed by atoms with Gasteiger partial charge in [0.1, 0.15) is 0 Å². The molecule has 0 saturated heterocycles. The van der Waals surface area contributed by atoms with Gasteiger partial charge in [0.05, 0.1) is 5.54 Å². The third-order valence-corrected chi connectivity index (χ3v) is 3.18. The fourth-order valence-corrected chi connectivity index (χ4v) is 1.63. The van der Waals surface area contributed by atoms with Gasteiger partial charge in [-0.25, -0.2) is 0 Å². The molecule has 0 fully saturated rings. The first-order valence-electron chi connectivity index (χ1n) is 6.08. The Morgan fingerprint density at radius 3 is 2.44 bits per heavy atom. The van der Waals surface area contributed by atoms with E-state index in [0.717, 1.165) is 25.9 Å². The molecule has 0 radical (unpaired) electrons. The van der Waals surface area contributed by atoms with E-state index in [1.54, 1.807) is 0 Å². The summed E-state index contributed by atoms with van der Waals surface area (Å²) in [5.41, 5.74) is 4.86. The minimum Gasteiger partial charge on any atom is -0.368 e. The van der Waals surface area contributed by atoms with E-state index in [1.807, 2.05) is 13.8 Å². The lowest BCUT2D eigenvalue weighted by atomic mass is 9.94. The van der Waals surface area contributed by atoms with Crippen LogP contribution in [0.5, 0.6) is 0 Å². The molecule has 0 bridgehead atoms. The third kappa shape index (κ3) is 4.94. The van der Waals surface area contributed by atoms with Crippen LogP contribution in [0.3, 0.4) is 0 Å². The SMILES string of the molecule is CCNC(C)(CCCN(C)C(C)C)C(N)=O. The molecule has 4 nitrogen and oxygen atoms in total. The summed E-state index contributed by atoms with van der Waals surface area (Å²) in [6.45, 7) is 9.95. The van der Waals surface area contributed by atoms with Crippen LogP contribution in [0.4, 0.5) is 0 Å². The molecule has 0 aliphatic rings. The summed E-state index contributed by atoms with van der Waals surface area (Å²) in [6.07, 6.45) is 1.76. The predicted molar refractivity (Wildman–Crippen MR) is 68.3 cm³/mol. The van der Waals surface area contributed by atoms with E-state index in [-0.39, 0.29) is 5.91 Å². The molecule has 16 heavy (non-hydrogen) atoms. The first-order chi connectivity index (χ1) is 7.33. The zero-order valence-corrected chi connectivity index (χ0v) is 11.3. The van der Waals surface area contributed by atoms with Crippen LogP contribution in [0.2, 0.25) is 0 Å². The molecule has 0 aromatic carbocycles. The van der Waals surface area contributed by atoms with E-state index >= 15 is 0 Å². The first kappa shape index (κ1) is 15.4. The van der Waals surface area contributed by atoms with Gasteiger partial charge in [-0.15, -0.1) is 0 Å². The fourth-order valence-electron chi connectivity index (χ4n) is 1.63. The molecule has 0 heterocycles. The van der Waals surface area contributed by atoms with E-state index in [1.165, 1.54) is 0 Å². The molecule has 1 unspecified atom stereocenters. The molecule has 0 aromatic rings. The average molecular weight is 229 g/mol. The predicted octanol–water partition coefficient (Wildman–Crippen LogP) is 0.960. The zero-order chi connectivity index (χ0) is 12.8. The number of primary amides is 1. The monoisotopic (exact) mass is 229 g/mol. The summed E-state index contributed by atoms with van der Waals surface area (Å²) < 4.78 is 0. The summed E-state index contributed by atoms with van der Waals surface area (Å²) in [5.74, 6) is -0.262. The molecule has 1 atom stereocenters. The highest BCUT2D eigenvalue weighted by atomic mass is 16.1. The van der Waals surface area contributed by atoms with Crippen molar-refractivity contribution in [1.82, 2.24) is 10.2 Å². The molecule has 0 rings (SSSR count). The van der Waals surface area contributed by atoms with Gasteiger partial charge in [0, 0.05) is 6.04 Å². The van der Waals surface area contributed by atoms with Gasteiger partial charge in [-0.1, -0.05) is 6.92 Å².